The molecular formula is C10H7Br2F3O3. The fourth-order valence-corrected chi connectivity index (χ4v) is 2.49. The zero-order chi connectivity index (χ0) is 13.8. The third-order valence-electron chi connectivity index (χ3n) is 1.71. The molecule has 0 aliphatic heterocycles. The van der Waals surface area contributed by atoms with Crippen LogP contribution in [0.2, 0.25) is 0 Å². The minimum Gasteiger partial charge on any atom is -0.465 e. The predicted octanol–water partition coefficient (Wildman–Crippen LogP) is 3.94. The minimum absolute atomic E-state index is 0.266. The third kappa shape index (κ3) is 4.95. The van der Waals surface area contributed by atoms with Crippen molar-refractivity contribution in [3.8, 4) is 5.75 Å². The average molecular weight is 392 g/mol. The minimum atomic E-state index is -4.39. The molecule has 100 valence electrons. The fraction of sp³-hybridized carbons (Fsp3) is 0.300. The first kappa shape index (κ1) is 15.5. The molecule has 0 heterocycles. The van der Waals surface area contributed by atoms with Crippen LogP contribution in [0.5, 0.6) is 5.75 Å². The normalized spacial score (nSPS) is 11.4. The number of aldehydes is 1. The highest BCUT2D eigenvalue weighted by Crippen LogP contribution is 2.34. The van der Waals surface area contributed by atoms with E-state index in [1.165, 1.54) is 12.1 Å². The Morgan fingerprint density at radius 2 is 1.78 bits per heavy atom. The molecule has 0 saturated heterocycles. The van der Waals surface area contributed by atoms with Crippen LogP contribution in [-0.2, 0) is 4.74 Å². The molecular weight excluding hydrogens is 385 g/mol. The second-order valence-corrected chi connectivity index (χ2v) is 4.87. The first-order valence-corrected chi connectivity index (χ1v) is 6.13. The summed E-state index contributed by atoms with van der Waals surface area (Å²) in [7, 11) is 0. The van der Waals surface area contributed by atoms with Crippen molar-refractivity contribution in [2.75, 3.05) is 13.4 Å². The van der Waals surface area contributed by atoms with Crippen molar-refractivity contribution in [2.45, 2.75) is 6.18 Å². The van der Waals surface area contributed by atoms with Crippen LogP contribution in [0.4, 0.5) is 13.2 Å². The molecule has 0 aromatic heterocycles. The maximum atomic E-state index is 11.8. The Morgan fingerprint density at radius 3 is 2.22 bits per heavy atom. The lowest BCUT2D eigenvalue weighted by atomic mass is 10.2. The van der Waals surface area contributed by atoms with Gasteiger partial charge in [-0.15, -0.1) is 0 Å². The molecule has 8 heteroatoms. The molecule has 0 unspecified atom stereocenters. The molecule has 1 aromatic carbocycles. The molecule has 1 rings (SSSR count). The van der Waals surface area contributed by atoms with Gasteiger partial charge in [-0.25, -0.2) is 0 Å². The van der Waals surface area contributed by atoms with Crippen molar-refractivity contribution in [2.24, 2.45) is 0 Å². The van der Waals surface area contributed by atoms with Crippen LogP contribution >= 0.6 is 31.9 Å². The maximum Gasteiger partial charge on any atom is 0.411 e. The number of halogens is 5. The average Bonchev–Trinajstić information content (AvgIpc) is 2.25. The van der Waals surface area contributed by atoms with Crippen molar-refractivity contribution < 1.29 is 27.4 Å². The topological polar surface area (TPSA) is 35.5 Å². The molecule has 0 fully saturated rings. The van der Waals surface area contributed by atoms with Crippen LogP contribution in [0, 0.1) is 0 Å². The number of alkyl halides is 3. The Bertz CT molecular complexity index is 412. The van der Waals surface area contributed by atoms with E-state index in [0.29, 0.717) is 20.8 Å². The molecule has 0 atom stereocenters. The van der Waals surface area contributed by atoms with Crippen LogP contribution in [0.15, 0.2) is 21.1 Å². The zero-order valence-corrected chi connectivity index (χ0v) is 11.9. The zero-order valence-electron chi connectivity index (χ0n) is 8.76. The van der Waals surface area contributed by atoms with Crippen LogP contribution in [-0.4, -0.2) is 25.9 Å². The Kier molecular flexibility index (Phi) is 5.61. The Morgan fingerprint density at radius 1 is 1.22 bits per heavy atom. The van der Waals surface area contributed by atoms with Gasteiger partial charge in [0.15, 0.2) is 12.5 Å². The number of ether oxygens (including phenoxy) is 2. The Balaban J connectivity index is 2.60. The van der Waals surface area contributed by atoms with Gasteiger partial charge in [0.25, 0.3) is 0 Å². The number of benzene rings is 1. The van der Waals surface area contributed by atoms with Crippen LogP contribution < -0.4 is 4.74 Å². The van der Waals surface area contributed by atoms with Crippen LogP contribution in [0.3, 0.4) is 0 Å². The maximum absolute atomic E-state index is 11.8. The van der Waals surface area contributed by atoms with Crippen molar-refractivity contribution in [1.29, 1.82) is 0 Å². The number of carbonyl (C=O) groups excluding carboxylic acids is 1. The van der Waals surface area contributed by atoms with Crippen LogP contribution in [0.1, 0.15) is 10.4 Å². The lowest BCUT2D eigenvalue weighted by Crippen LogP contribution is -2.19. The van der Waals surface area contributed by atoms with E-state index in [0.717, 1.165) is 0 Å². The molecule has 18 heavy (non-hydrogen) atoms. The highest BCUT2D eigenvalue weighted by atomic mass is 79.9. The first-order valence-electron chi connectivity index (χ1n) is 4.55. The SMILES string of the molecule is O=Cc1cc(Br)c(OCOCC(F)(F)F)c(Br)c1. The predicted molar refractivity (Wildman–Crippen MR) is 64.7 cm³/mol. The summed E-state index contributed by atoms with van der Waals surface area (Å²) >= 11 is 6.28. The van der Waals surface area contributed by atoms with Gasteiger partial charge in [0, 0.05) is 5.56 Å². The van der Waals surface area contributed by atoms with E-state index in [4.69, 9.17) is 4.74 Å². The van der Waals surface area contributed by atoms with Gasteiger partial charge in [-0.1, -0.05) is 0 Å². The third-order valence-corrected chi connectivity index (χ3v) is 2.89. The molecule has 0 bridgehead atoms. The van der Waals surface area contributed by atoms with E-state index in [1.54, 1.807) is 0 Å². The second-order valence-electron chi connectivity index (χ2n) is 3.16. The van der Waals surface area contributed by atoms with Crippen LogP contribution in [0.25, 0.3) is 0 Å². The van der Waals surface area contributed by atoms with Crippen molar-refractivity contribution in [3.63, 3.8) is 0 Å². The standard InChI is InChI=1S/C10H7Br2F3O3/c11-7-1-6(3-16)2-8(12)9(7)18-5-17-4-10(13,14)15/h1-3H,4-5H2. The molecule has 0 saturated carbocycles. The van der Waals surface area contributed by atoms with E-state index in [9.17, 15) is 18.0 Å². The largest absolute Gasteiger partial charge is 0.465 e. The van der Waals surface area contributed by atoms with Gasteiger partial charge in [0.2, 0.25) is 0 Å². The number of rotatable bonds is 5. The second kappa shape index (κ2) is 6.53. The van der Waals surface area contributed by atoms with E-state index >= 15 is 0 Å². The summed E-state index contributed by atoms with van der Waals surface area (Å²) in [6.45, 7) is -1.92. The van der Waals surface area contributed by atoms with E-state index in [-0.39, 0.29) is 5.75 Å². The lowest BCUT2D eigenvalue weighted by Gasteiger charge is -2.12. The number of hydrogen-bond acceptors (Lipinski definition) is 3. The summed E-state index contributed by atoms with van der Waals surface area (Å²) in [6, 6.07) is 2.97. The smallest absolute Gasteiger partial charge is 0.411 e. The molecule has 0 radical (unpaired) electrons. The van der Waals surface area contributed by atoms with E-state index in [2.05, 4.69) is 36.6 Å². The van der Waals surface area contributed by atoms with Gasteiger partial charge in [-0.3, -0.25) is 4.79 Å². The van der Waals surface area contributed by atoms with Crippen molar-refractivity contribution >= 4 is 38.1 Å². The summed E-state index contributed by atoms with van der Waals surface area (Å²) in [5.41, 5.74) is 0.400. The molecule has 0 aliphatic carbocycles. The summed E-state index contributed by atoms with van der Waals surface area (Å²) in [5.74, 6) is 0.266. The number of hydrogen-bond donors (Lipinski definition) is 0. The van der Waals surface area contributed by atoms with Crippen molar-refractivity contribution in [1.82, 2.24) is 0 Å². The van der Waals surface area contributed by atoms with E-state index in [1.807, 2.05) is 0 Å². The van der Waals surface area contributed by atoms with Gasteiger partial charge in [0.1, 0.15) is 12.9 Å². The Labute approximate surface area is 118 Å². The highest BCUT2D eigenvalue weighted by molar-refractivity contribution is 9.11. The number of carbonyl (C=O) groups is 1. The molecule has 0 aliphatic rings. The van der Waals surface area contributed by atoms with Gasteiger partial charge in [-0.05, 0) is 44.0 Å². The summed E-state index contributed by atoms with van der Waals surface area (Å²) in [6.07, 6.45) is -3.75. The molecule has 0 N–H and O–H groups in total. The van der Waals surface area contributed by atoms with Gasteiger partial charge < -0.3 is 9.47 Å². The van der Waals surface area contributed by atoms with Gasteiger partial charge in [0.05, 0.1) is 8.95 Å². The Hall–Kier alpha value is -0.600. The molecule has 3 nitrogen and oxygen atoms in total. The van der Waals surface area contributed by atoms with Gasteiger partial charge in [-0.2, -0.15) is 13.2 Å². The first-order chi connectivity index (χ1) is 8.33. The summed E-state index contributed by atoms with van der Waals surface area (Å²) in [5, 5.41) is 0. The summed E-state index contributed by atoms with van der Waals surface area (Å²) in [4.78, 5) is 10.6. The van der Waals surface area contributed by atoms with Crippen molar-refractivity contribution in [3.05, 3.63) is 26.6 Å². The molecule has 0 spiro atoms. The van der Waals surface area contributed by atoms with E-state index < -0.39 is 19.6 Å². The molecule has 1 aromatic rings. The monoisotopic (exact) mass is 390 g/mol. The molecule has 0 amide bonds. The highest BCUT2D eigenvalue weighted by Gasteiger charge is 2.27. The van der Waals surface area contributed by atoms with Gasteiger partial charge >= 0.3 is 6.18 Å². The fourth-order valence-electron chi connectivity index (χ4n) is 1.04. The lowest BCUT2D eigenvalue weighted by molar-refractivity contribution is -0.186. The summed E-state index contributed by atoms with van der Waals surface area (Å²) < 4.78 is 45.6. The quantitative estimate of drug-likeness (QED) is 0.433.